The third-order valence-corrected chi connectivity index (χ3v) is 3.83. The van der Waals surface area contributed by atoms with Gasteiger partial charge in [-0.05, 0) is 12.8 Å². The molecular formula is C13H20N2O5. The van der Waals surface area contributed by atoms with Crippen LogP contribution < -0.4 is 0 Å². The highest BCUT2D eigenvalue weighted by molar-refractivity contribution is 6.36. The van der Waals surface area contributed by atoms with E-state index in [1.165, 1.54) is 6.42 Å². The normalized spacial score (nSPS) is 23.1. The first-order valence-corrected chi connectivity index (χ1v) is 7.00. The summed E-state index contributed by atoms with van der Waals surface area (Å²) in [5, 5.41) is 21.4. The van der Waals surface area contributed by atoms with E-state index in [9.17, 15) is 9.59 Å². The lowest BCUT2D eigenvalue weighted by Crippen LogP contribution is -2.47. The van der Waals surface area contributed by atoms with Crippen LogP contribution in [0.15, 0.2) is 5.16 Å². The fourth-order valence-corrected chi connectivity index (χ4v) is 2.79. The number of amides is 1. The van der Waals surface area contributed by atoms with Gasteiger partial charge in [-0.15, -0.1) is 0 Å². The molecule has 1 aliphatic heterocycles. The van der Waals surface area contributed by atoms with Crippen LogP contribution in [-0.2, 0) is 14.4 Å². The van der Waals surface area contributed by atoms with Crippen molar-refractivity contribution in [2.45, 2.75) is 50.7 Å². The van der Waals surface area contributed by atoms with Gasteiger partial charge < -0.3 is 20.0 Å². The zero-order chi connectivity index (χ0) is 14.5. The predicted octanol–water partition coefficient (Wildman–Crippen LogP) is 0.369. The van der Waals surface area contributed by atoms with Crippen LogP contribution in [0.4, 0.5) is 0 Å². The molecule has 7 nitrogen and oxygen atoms in total. The van der Waals surface area contributed by atoms with Crippen LogP contribution in [0.2, 0.25) is 0 Å². The smallest absolute Gasteiger partial charge is 0.353 e. The minimum absolute atomic E-state index is 0.0111. The molecule has 1 amide bonds. The van der Waals surface area contributed by atoms with Gasteiger partial charge in [-0.3, -0.25) is 4.79 Å². The quantitative estimate of drug-likeness (QED) is 0.760. The molecule has 0 radical (unpaired) electrons. The van der Waals surface area contributed by atoms with Crippen molar-refractivity contribution < 1.29 is 24.6 Å². The summed E-state index contributed by atoms with van der Waals surface area (Å²) in [5.41, 5.74) is -0.129. The average Bonchev–Trinajstić information content (AvgIpc) is 2.95. The number of rotatable bonds is 5. The number of hydrogen-bond donors (Lipinski definition) is 2. The van der Waals surface area contributed by atoms with E-state index in [2.05, 4.69) is 5.16 Å². The lowest BCUT2D eigenvalue weighted by atomic mass is 9.93. The largest absolute Gasteiger partial charge is 0.477 e. The second kappa shape index (κ2) is 6.69. The maximum absolute atomic E-state index is 12.4. The molecule has 1 saturated carbocycles. The number of hydrogen-bond acceptors (Lipinski definition) is 5. The molecule has 1 aliphatic carbocycles. The molecule has 1 heterocycles. The molecule has 1 atom stereocenters. The van der Waals surface area contributed by atoms with Gasteiger partial charge in [0, 0.05) is 19.0 Å². The summed E-state index contributed by atoms with van der Waals surface area (Å²) in [5.74, 6) is -1.43. The topological polar surface area (TPSA) is 99.4 Å². The van der Waals surface area contributed by atoms with Gasteiger partial charge in [0.1, 0.15) is 0 Å². The highest BCUT2D eigenvalue weighted by Crippen LogP contribution is 2.24. The molecule has 20 heavy (non-hydrogen) atoms. The molecule has 0 spiro atoms. The van der Waals surface area contributed by atoms with Gasteiger partial charge >= 0.3 is 5.97 Å². The molecule has 1 fully saturated rings. The summed E-state index contributed by atoms with van der Waals surface area (Å²) in [6, 6.07) is 0.112. The Labute approximate surface area is 117 Å². The van der Waals surface area contributed by atoms with Crippen LogP contribution in [0.5, 0.6) is 0 Å². The minimum atomic E-state index is -1.16. The first-order valence-electron chi connectivity index (χ1n) is 7.00. The van der Waals surface area contributed by atoms with Gasteiger partial charge in [0.25, 0.3) is 5.91 Å². The Balaban J connectivity index is 1.99. The van der Waals surface area contributed by atoms with Crippen molar-refractivity contribution in [1.82, 2.24) is 4.90 Å². The van der Waals surface area contributed by atoms with Gasteiger partial charge in [-0.25, -0.2) is 4.79 Å². The molecule has 0 aromatic rings. The van der Waals surface area contributed by atoms with E-state index < -0.39 is 12.1 Å². The van der Waals surface area contributed by atoms with E-state index >= 15 is 0 Å². The van der Waals surface area contributed by atoms with Crippen LogP contribution in [-0.4, -0.2) is 58.0 Å². The van der Waals surface area contributed by atoms with Gasteiger partial charge in [-0.2, -0.15) is 0 Å². The highest BCUT2D eigenvalue weighted by atomic mass is 16.6. The van der Waals surface area contributed by atoms with Crippen molar-refractivity contribution in [3.05, 3.63) is 0 Å². The molecular weight excluding hydrogens is 264 g/mol. The van der Waals surface area contributed by atoms with Crippen LogP contribution in [0.1, 0.15) is 38.5 Å². The molecule has 0 bridgehead atoms. The summed E-state index contributed by atoms with van der Waals surface area (Å²) in [6.45, 7) is 0.146. The Morgan fingerprint density at radius 3 is 2.55 bits per heavy atom. The van der Waals surface area contributed by atoms with Crippen LogP contribution in [0.3, 0.4) is 0 Å². The van der Waals surface area contributed by atoms with Gasteiger partial charge in [0.2, 0.25) is 6.10 Å². The number of carbonyl (C=O) groups excluding carboxylic acids is 1. The number of carboxylic acids is 1. The zero-order valence-corrected chi connectivity index (χ0v) is 11.3. The number of carbonyl (C=O) groups is 2. The summed E-state index contributed by atoms with van der Waals surface area (Å²) in [6.07, 6.45) is 4.28. The van der Waals surface area contributed by atoms with Crippen molar-refractivity contribution in [2.24, 2.45) is 5.16 Å². The van der Waals surface area contributed by atoms with E-state index in [-0.39, 0.29) is 37.2 Å². The van der Waals surface area contributed by atoms with Crippen LogP contribution >= 0.6 is 0 Å². The number of nitrogens with zero attached hydrogens (tertiary/aromatic N) is 2. The maximum atomic E-state index is 12.4. The number of aliphatic carboxylic acids is 1. The molecule has 2 N–H and O–H groups in total. The number of aliphatic hydroxyl groups excluding tert-OH is 1. The summed E-state index contributed by atoms with van der Waals surface area (Å²) in [4.78, 5) is 29.8. The van der Waals surface area contributed by atoms with Crippen molar-refractivity contribution in [1.29, 1.82) is 0 Å². The van der Waals surface area contributed by atoms with Crippen LogP contribution in [0.25, 0.3) is 0 Å². The van der Waals surface area contributed by atoms with E-state index in [0.717, 1.165) is 25.7 Å². The van der Waals surface area contributed by atoms with Crippen molar-refractivity contribution in [3.8, 4) is 0 Å². The second-order valence-corrected chi connectivity index (χ2v) is 5.19. The number of oxime groups is 1. The Hall–Kier alpha value is -1.63. The van der Waals surface area contributed by atoms with Gasteiger partial charge in [0.05, 0.1) is 6.61 Å². The standard InChI is InChI=1S/C13H20N2O5/c16-7-6-15(9-4-2-1-3-5-9)12(17)11-8-10(13(18)19)14-20-11/h9,11,16H,1-8H2,(H,18,19). The van der Waals surface area contributed by atoms with Crippen LogP contribution in [0, 0.1) is 0 Å². The average molecular weight is 284 g/mol. The first kappa shape index (κ1) is 14.8. The predicted molar refractivity (Wildman–Crippen MR) is 70.2 cm³/mol. The number of aliphatic hydroxyl groups is 1. The molecule has 2 aliphatic rings. The lowest BCUT2D eigenvalue weighted by Gasteiger charge is -2.34. The van der Waals surface area contributed by atoms with E-state index in [1.54, 1.807) is 4.90 Å². The summed E-state index contributed by atoms with van der Waals surface area (Å²) in [7, 11) is 0. The van der Waals surface area contributed by atoms with Gasteiger partial charge in [-0.1, -0.05) is 24.4 Å². The zero-order valence-electron chi connectivity index (χ0n) is 11.3. The van der Waals surface area contributed by atoms with Crippen molar-refractivity contribution in [3.63, 3.8) is 0 Å². The highest BCUT2D eigenvalue weighted by Gasteiger charge is 2.36. The number of carboxylic acid groups (broad SMARTS) is 1. The Bertz CT molecular complexity index is 404. The molecule has 1 unspecified atom stereocenters. The summed E-state index contributed by atoms with van der Waals surface area (Å²) < 4.78 is 0. The maximum Gasteiger partial charge on any atom is 0.353 e. The third-order valence-electron chi connectivity index (χ3n) is 3.83. The van der Waals surface area contributed by atoms with E-state index in [1.807, 2.05) is 0 Å². The second-order valence-electron chi connectivity index (χ2n) is 5.19. The van der Waals surface area contributed by atoms with Crippen molar-refractivity contribution >= 4 is 17.6 Å². The van der Waals surface area contributed by atoms with E-state index in [4.69, 9.17) is 15.1 Å². The van der Waals surface area contributed by atoms with Gasteiger partial charge in [0.15, 0.2) is 5.71 Å². The first-order chi connectivity index (χ1) is 9.63. The SMILES string of the molecule is O=C(O)C1=NOC(C(=O)N(CCO)C2CCCCC2)C1. The van der Waals surface area contributed by atoms with Crippen molar-refractivity contribution in [2.75, 3.05) is 13.2 Å². The minimum Gasteiger partial charge on any atom is -0.477 e. The van der Waals surface area contributed by atoms with E-state index in [0.29, 0.717) is 0 Å². The molecule has 0 aromatic carbocycles. The molecule has 2 rings (SSSR count). The monoisotopic (exact) mass is 284 g/mol. The third kappa shape index (κ3) is 3.27. The Morgan fingerprint density at radius 1 is 1.30 bits per heavy atom. The molecule has 0 saturated heterocycles. The summed E-state index contributed by atoms with van der Waals surface area (Å²) >= 11 is 0. The molecule has 112 valence electrons. The molecule has 7 heteroatoms. The fourth-order valence-electron chi connectivity index (χ4n) is 2.79. The molecule has 0 aromatic heterocycles. The fraction of sp³-hybridized carbons (Fsp3) is 0.769. The Morgan fingerprint density at radius 2 is 2.00 bits per heavy atom. The lowest BCUT2D eigenvalue weighted by molar-refractivity contribution is -0.145. The Kier molecular flexibility index (Phi) is 4.94.